The molecular formula is C14H22N6. The van der Waals surface area contributed by atoms with Crippen LogP contribution in [0.2, 0.25) is 0 Å². The molecule has 0 aliphatic heterocycles. The van der Waals surface area contributed by atoms with E-state index in [9.17, 15) is 0 Å². The van der Waals surface area contributed by atoms with E-state index in [1.54, 1.807) is 0 Å². The van der Waals surface area contributed by atoms with Crippen LogP contribution in [0.4, 0.5) is 0 Å². The lowest BCUT2D eigenvalue weighted by Gasteiger charge is -2.11. The second-order valence-corrected chi connectivity index (χ2v) is 5.87. The van der Waals surface area contributed by atoms with Crippen molar-refractivity contribution in [3.8, 4) is 0 Å². The smallest absolute Gasteiger partial charge is 0.0964 e. The van der Waals surface area contributed by atoms with Gasteiger partial charge in [0, 0.05) is 12.6 Å². The van der Waals surface area contributed by atoms with Crippen LogP contribution >= 0.6 is 0 Å². The third-order valence-electron chi connectivity index (χ3n) is 3.65. The summed E-state index contributed by atoms with van der Waals surface area (Å²) >= 11 is 0. The molecule has 0 bridgehead atoms. The summed E-state index contributed by atoms with van der Waals surface area (Å²) in [6.07, 6.45) is 8.52. The van der Waals surface area contributed by atoms with Gasteiger partial charge in [-0.3, -0.25) is 0 Å². The first-order valence-electron chi connectivity index (χ1n) is 7.33. The molecule has 0 saturated heterocycles. The lowest BCUT2D eigenvalue weighted by atomic mass is 10.3. The molecule has 1 aliphatic rings. The molecule has 0 aromatic carbocycles. The molecule has 108 valence electrons. The van der Waals surface area contributed by atoms with Crippen LogP contribution in [0.15, 0.2) is 18.7 Å². The number of imidazole rings is 1. The van der Waals surface area contributed by atoms with Gasteiger partial charge in [-0.15, -0.1) is 5.10 Å². The number of nitrogens with one attached hydrogen (secondary N) is 1. The Kier molecular flexibility index (Phi) is 3.82. The van der Waals surface area contributed by atoms with Gasteiger partial charge in [-0.1, -0.05) is 5.21 Å². The number of aromatic nitrogens is 5. The van der Waals surface area contributed by atoms with E-state index in [-0.39, 0.29) is 0 Å². The second kappa shape index (κ2) is 5.75. The number of nitrogens with zero attached hydrogens (tertiary/aromatic N) is 5. The maximum absolute atomic E-state index is 4.21. The quantitative estimate of drug-likeness (QED) is 0.833. The number of hydrogen-bond donors (Lipinski definition) is 1. The summed E-state index contributed by atoms with van der Waals surface area (Å²) in [5.41, 5.74) is 2.16. The molecule has 0 atom stereocenters. The first-order chi connectivity index (χ1) is 9.72. The topological polar surface area (TPSA) is 60.6 Å². The van der Waals surface area contributed by atoms with Crippen molar-refractivity contribution in [3.05, 3.63) is 30.1 Å². The maximum atomic E-state index is 4.21. The molecular weight excluding hydrogens is 252 g/mol. The van der Waals surface area contributed by atoms with Crippen LogP contribution in [0.3, 0.4) is 0 Å². The Labute approximate surface area is 119 Å². The van der Waals surface area contributed by atoms with E-state index in [4.69, 9.17) is 0 Å². The van der Waals surface area contributed by atoms with Crippen molar-refractivity contribution in [1.82, 2.24) is 29.9 Å². The molecule has 6 heteroatoms. The van der Waals surface area contributed by atoms with Crippen molar-refractivity contribution >= 4 is 0 Å². The average molecular weight is 274 g/mol. The summed E-state index contributed by atoms with van der Waals surface area (Å²) < 4.78 is 4.04. The third-order valence-corrected chi connectivity index (χ3v) is 3.65. The molecule has 20 heavy (non-hydrogen) atoms. The van der Waals surface area contributed by atoms with E-state index in [2.05, 4.69) is 39.0 Å². The van der Waals surface area contributed by atoms with E-state index in [1.807, 2.05) is 23.4 Å². The van der Waals surface area contributed by atoms with Gasteiger partial charge in [0.15, 0.2) is 0 Å². The predicted octanol–water partition coefficient (Wildman–Crippen LogP) is 1.60. The van der Waals surface area contributed by atoms with E-state index in [1.165, 1.54) is 12.8 Å². The molecule has 1 aliphatic carbocycles. The monoisotopic (exact) mass is 274 g/mol. The van der Waals surface area contributed by atoms with Crippen molar-refractivity contribution in [2.75, 3.05) is 6.54 Å². The molecule has 2 aromatic heterocycles. The first kappa shape index (κ1) is 13.3. The van der Waals surface area contributed by atoms with Crippen molar-refractivity contribution in [3.63, 3.8) is 0 Å². The summed E-state index contributed by atoms with van der Waals surface area (Å²) in [5, 5.41) is 11.8. The molecule has 0 amide bonds. The van der Waals surface area contributed by atoms with Crippen LogP contribution in [0.5, 0.6) is 0 Å². The Morgan fingerprint density at radius 1 is 1.40 bits per heavy atom. The summed E-state index contributed by atoms with van der Waals surface area (Å²) in [5.74, 6) is 0.894. The molecule has 0 spiro atoms. The number of rotatable bonds is 7. The minimum atomic E-state index is 0.413. The summed E-state index contributed by atoms with van der Waals surface area (Å²) in [6.45, 7) is 6.93. The first-order valence-corrected chi connectivity index (χ1v) is 7.33. The summed E-state index contributed by atoms with van der Waals surface area (Å²) in [4.78, 5) is 4.21. The van der Waals surface area contributed by atoms with Crippen LogP contribution in [-0.4, -0.2) is 31.1 Å². The fourth-order valence-electron chi connectivity index (χ4n) is 2.31. The second-order valence-electron chi connectivity index (χ2n) is 5.87. The van der Waals surface area contributed by atoms with Gasteiger partial charge in [-0.05, 0) is 39.2 Å². The Morgan fingerprint density at radius 3 is 3.00 bits per heavy atom. The minimum Gasteiger partial charge on any atom is -0.330 e. The lowest BCUT2D eigenvalue weighted by molar-refractivity contribution is 0.541. The van der Waals surface area contributed by atoms with Crippen LogP contribution in [0, 0.1) is 5.92 Å². The van der Waals surface area contributed by atoms with Gasteiger partial charge in [0.1, 0.15) is 0 Å². The molecule has 1 N–H and O–H groups in total. The highest BCUT2D eigenvalue weighted by Crippen LogP contribution is 2.27. The molecule has 0 unspecified atom stereocenters. The molecule has 1 saturated carbocycles. The van der Waals surface area contributed by atoms with E-state index in [0.29, 0.717) is 12.6 Å². The van der Waals surface area contributed by atoms with E-state index >= 15 is 0 Å². The van der Waals surface area contributed by atoms with Gasteiger partial charge in [0.2, 0.25) is 0 Å². The zero-order valence-corrected chi connectivity index (χ0v) is 12.2. The van der Waals surface area contributed by atoms with Crippen LogP contribution in [-0.2, 0) is 13.1 Å². The summed E-state index contributed by atoms with van der Waals surface area (Å²) in [6, 6.07) is 0.413. The fourth-order valence-corrected chi connectivity index (χ4v) is 2.31. The Balaban J connectivity index is 1.57. The zero-order valence-electron chi connectivity index (χ0n) is 12.2. The highest BCUT2D eigenvalue weighted by atomic mass is 15.4. The van der Waals surface area contributed by atoms with Crippen molar-refractivity contribution in [1.29, 1.82) is 0 Å². The van der Waals surface area contributed by atoms with Crippen LogP contribution in [0.25, 0.3) is 0 Å². The highest BCUT2D eigenvalue weighted by Gasteiger charge is 2.20. The molecule has 3 rings (SSSR count). The largest absolute Gasteiger partial charge is 0.330 e. The Hall–Kier alpha value is -1.69. The zero-order chi connectivity index (χ0) is 13.9. The van der Waals surface area contributed by atoms with Crippen molar-refractivity contribution < 1.29 is 0 Å². The normalized spacial score (nSPS) is 15.2. The van der Waals surface area contributed by atoms with Gasteiger partial charge in [-0.2, -0.15) is 0 Å². The third kappa shape index (κ3) is 3.25. The highest BCUT2D eigenvalue weighted by molar-refractivity contribution is 5.02. The summed E-state index contributed by atoms with van der Waals surface area (Å²) in [7, 11) is 0. The Bertz CT molecular complexity index is 552. The van der Waals surface area contributed by atoms with Gasteiger partial charge < -0.3 is 9.88 Å². The standard InChI is InChI=1S/C14H22N6/c1-11(2)20-10-16-7-14(20)9-19-8-13(17-18-19)6-15-5-12-3-4-12/h7-8,10-12,15H,3-6,9H2,1-2H3. The maximum Gasteiger partial charge on any atom is 0.0964 e. The molecule has 2 aromatic rings. The molecule has 0 radical (unpaired) electrons. The van der Waals surface area contributed by atoms with Crippen molar-refractivity contribution in [2.45, 2.75) is 45.8 Å². The fraction of sp³-hybridized carbons (Fsp3) is 0.643. The van der Waals surface area contributed by atoms with E-state index in [0.717, 1.165) is 30.4 Å². The Morgan fingerprint density at radius 2 is 2.25 bits per heavy atom. The SMILES string of the molecule is CC(C)n1cncc1Cn1cc(CNCC2CC2)nn1. The van der Waals surface area contributed by atoms with Gasteiger partial charge in [0.25, 0.3) is 0 Å². The van der Waals surface area contributed by atoms with Gasteiger partial charge in [-0.25, -0.2) is 9.67 Å². The van der Waals surface area contributed by atoms with Gasteiger partial charge >= 0.3 is 0 Å². The minimum absolute atomic E-state index is 0.413. The molecule has 1 fully saturated rings. The van der Waals surface area contributed by atoms with Crippen LogP contribution < -0.4 is 5.32 Å². The van der Waals surface area contributed by atoms with Gasteiger partial charge in [0.05, 0.1) is 36.7 Å². The van der Waals surface area contributed by atoms with Crippen molar-refractivity contribution in [2.24, 2.45) is 5.92 Å². The average Bonchev–Trinajstić information content (AvgIpc) is 2.94. The lowest BCUT2D eigenvalue weighted by Crippen LogP contribution is -2.16. The predicted molar refractivity (Wildman–Crippen MR) is 76.2 cm³/mol. The molecule has 6 nitrogen and oxygen atoms in total. The van der Waals surface area contributed by atoms with E-state index < -0.39 is 0 Å². The number of hydrogen-bond acceptors (Lipinski definition) is 4. The molecule has 2 heterocycles. The van der Waals surface area contributed by atoms with Crippen LogP contribution in [0.1, 0.15) is 44.1 Å².